The summed E-state index contributed by atoms with van der Waals surface area (Å²) in [6, 6.07) is 0. The van der Waals surface area contributed by atoms with Crippen LogP contribution in [0.1, 0.15) is 11.3 Å². The summed E-state index contributed by atoms with van der Waals surface area (Å²) in [5.41, 5.74) is 3.70. The van der Waals surface area contributed by atoms with Crippen LogP contribution in [0.25, 0.3) is 0 Å². The van der Waals surface area contributed by atoms with Crippen LogP contribution in [0.3, 0.4) is 0 Å². The van der Waals surface area contributed by atoms with Crippen LogP contribution in [0, 0.1) is 6.92 Å². The molecule has 1 aromatic rings. The highest BCUT2D eigenvalue weighted by atomic mass is 35.5. The number of hydrogen-bond acceptors (Lipinski definition) is 3. The van der Waals surface area contributed by atoms with Gasteiger partial charge in [-0.05, 0) is 6.92 Å². The minimum atomic E-state index is 0.332. The first-order valence-electron chi connectivity index (χ1n) is 3.21. The van der Waals surface area contributed by atoms with E-state index in [1.165, 1.54) is 0 Å². The van der Waals surface area contributed by atoms with Gasteiger partial charge in [0.05, 0.1) is 12.2 Å². The van der Waals surface area contributed by atoms with Crippen LogP contribution in [0.15, 0.2) is 0 Å². The van der Waals surface area contributed by atoms with E-state index < -0.39 is 0 Å². The summed E-state index contributed by atoms with van der Waals surface area (Å²) in [6.07, 6.45) is 0. The van der Waals surface area contributed by atoms with E-state index in [9.17, 15) is 0 Å². The van der Waals surface area contributed by atoms with E-state index in [2.05, 4.69) is 5.10 Å². The van der Waals surface area contributed by atoms with Gasteiger partial charge in [-0.3, -0.25) is 4.68 Å². The Morgan fingerprint density at radius 3 is 2.73 bits per heavy atom. The molecule has 4 nitrogen and oxygen atoms in total. The number of nitrogens with one attached hydrogen (secondary N) is 1. The van der Waals surface area contributed by atoms with Gasteiger partial charge in [-0.2, -0.15) is 5.10 Å². The SMILES string of the molecule is Cc1nn(C)c(Cl)c1CNO. The zero-order valence-corrected chi connectivity index (χ0v) is 7.18. The fourth-order valence-corrected chi connectivity index (χ4v) is 1.20. The molecule has 62 valence electrons. The van der Waals surface area contributed by atoms with Gasteiger partial charge >= 0.3 is 0 Å². The minimum absolute atomic E-state index is 0.332. The number of aryl methyl sites for hydroxylation is 2. The molecule has 0 spiro atoms. The van der Waals surface area contributed by atoms with E-state index in [1.54, 1.807) is 11.7 Å². The second kappa shape index (κ2) is 3.21. The fourth-order valence-electron chi connectivity index (χ4n) is 0.954. The lowest BCUT2D eigenvalue weighted by Gasteiger charge is -1.96. The Morgan fingerprint density at radius 2 is 2.36 bits per heavy atom. The average Bonchev–Trinajstić information content (AvgIpc) is 2.17. The van der Waals surface area contributed by atoms with Crippen molar-refractivity contribution in [2.75, 3.05) is 0 Å². The number of hydrogen-bond donors (Lipinski definition) is 2. The molecule has 0 radical (unpaired) electrons. The van der Waals surface area contributed by atoms with Crippen LogP contribution in [0.5, 0.6) is 0 Å². The molecule has 0 aliphatic heterocycles. The molecule has 2 N–H and O–H groups in total. The molecule has 0 fully saturated rings. The van der Waals surface area contributed by atoms with Crippen molar-refractivity contribution in [3.05, 3.63) is 16.4 Å². The quantitative estimate of drug-likeness (QED) is 0.656. The van der Waals surface area contributed by atoms with Crippen LogP contribution in [0.2, 0.25) is 5.15 Å². The molecule has 0 amide bonds. The lowest BCUT2D eigenvalue weighted by atomic mass is 10.3. The molecule has 1 heterocycles. The summed E-state index contributed by atoms with van der Waals surface area (Å²) in [4.78, 5) is 0. The summed E-state index contributed by atoms with van der Waals surface area (Å²) in [6.45, 7) is 2.18. The number of nitrogens with zero attached hydrogens (tertiary/aromatic N) is 2. The molecule has 0 saturated heterocycles. The predicted molar refractivity (Wildman–Crippen MR) is 41.6 cm³/mol. The van der Waals surface area contributed by atoms with E-state index in [0.29, 0.717) is 11.7 Å². The molecule has 1 rings (SSSR count). The first kappa shape index (κ1) is 8.52. The van der Waals surface area contributed by atoms with Crippen LogP contribution in [-0.2, 0) is 13.6 Å². The maximum absolute atomic E-state index is 8.43. The lowest BCUT2D eigenvalue weighted by Crippen LogP contribution is -2.06. The highest BCUT2D eigenvalue weighted by molar-refractivity contribution is 6.30. The largest absolute Gasteiger partial charge is 0.316 e. The molecule has 1 aromatic heterocycles. The summed E-state index contributed by atoms with van der Waals surface area (Å²) >= 11 is 5.84. The average molecular weight is 176 g/mol. The van der Waals surface area contributed by atoms with Crippen molar-refractivity contribution in [3.63, 3.8) is 0 Å². The summed E-state index contributed by atoms with van der Waals surface area (Å²) < 4.78 is 1.57. The maximum Gasteiger partial charge on any atom is 0.131 e. The lowest BCUT2D eigenvalue weighted by molar-refractivity contribution is 0.161. The van der Waals surface area contributed by atoms with Crippen molar-refractivity contribution in [1.82, 2.24) is 15.3 Å². The van der Waals surface area contributed by atoms with Gasteiger partial charge in [-0.1, -0.05) is 11.6 Å². The Kier molecular flexibility index (Phi) is 2.49. The Balaban J connectivity index is 3.02. The van der Waals surface area contributed by atoms with Crippen LogP contribution < -0.4 is 5.48 Å². The molecular formula is C6H10ClN3O. The molecule has 5 heteroatoms. The zero-order chi connectivity index (χ0) is 8.43. The van der Waals surface area contributed by atoms with Crippen molar-refractivity contribution >= 4 is 11.6 Å². The first-order valence-corrected chi connectivity index (χ1v) is 3.59. The topological polar surface area (TPSA) is 50.1 Å². The van der Waals surface area contributed by atoms with Gasteiger partial charge in [0.2, 0.25) is 0 Å². The van der Waals surface area contributed by atoms with Gasteiger partial charge < -0.3 is 5.21 Å². The van der Waals surface area contributed by atoms with Gasteiger partial charge in [0, 0.05) is 12.6 Å². The Bertz CT molecular complexity index is 259. The first-order chi connectivity index (χ1) is 5.16. The van der Waals surface area contributed by atoms with Crippen molar-refractivity contribution < 1.29 is 5.21 Å². The van der Waals surface area contributed by atoms with Gasteiger partial charge in [0.25, 0.3) is 0 Å². The summed E-state index contributed by atoms with van der Waals surface area (Å²) in [5.74, 6) is 0. The van der Waals surface area contributed by atoms with Crippen LogP contribution in [-0.4, -0.2) is 15.0 Å². The third-order valence-electron chi connectivity index (χ3n) is 1.53. The molecule has 11 heavy (non-hydrogen) atoms. The van der Waals surface area contributed by atoms with Crippen molar-refractivity contribution in [2.45, 2.75) is 13.5 Å². The summed E-state index contributed by atoms with van der Waals surface area (Å²) in [7, 11) is 1.76. The molecule has 0 bridgehead atoms. The predicted octanol–water partition coefficient (Wildman–Crippen LogP) is 0.861. The fraction of sp³-hybridized carbons (Fsp3) is 0.500. The third-order valence-corrected chi connectivity index (χ3v) is 2.00. The van der Waals surface area contributed by atoms with E-state index in [-0.39, 0.29) is 0 Å². The number of aromatic nitrogens is 2. The van der Waals surface area contributed by atoms with E-state index in [4.69, 9.17) is 16.8 Å². The van der Waals surface area contributed by atoms with Crippen molar-refractivity contribution in [3.8, 4) is 0 Å². The molecule has 0 saturated carbocycles. The van der Waals surface area contributed by atoms with E-state index >= 15 is 0 Å². The Labute approximate surface area is 69.7 Å². The molecule has 0 aromatic carbocycles. The molecular weight excluding hydrogens is 166 g/mol. The summed E-state index contributed by atoms with van der Waals surface area (Å²) in [5, 5.41) is 13.1. The van der Waals surface area contributed by atoms with Gasteiger partial charge in [0.1, 0.15) is 5.15 Å². The monoisotopic (exact) mass is 175 g/mol. The van der Waals surface area contributed by atoms with Gasteiger partial charge in [-0.15, -0.1) is 0 Å². The second-order valence-corrected chi connectivity index (χ2v) is 2.67. The zero-order valence-electron chi connectivity index (χ0n) is 6.43. The molecule has 0 unspecified atom stereocenters. The number of halogens is 1. The van der Waals surface area contributed by atoms with E-state index in [0.717, 1.165) is 11.3 Å². The molecule has 0 aliphatic carbocycles. The van der Waals surface area contributed by atoms with Crippen molar-refractivity contribution in [2.24, 2.45) is 7.05 Å². The standard InChI is InChI=1S/C6H10ClN3O/c1-4-5(3-8-11)6(7)10(2)9-4/h8,11H,3H2,1-2H3. The highest BCUT2D eigenvalue weighted by Gasteiger charge is 2.09. The second-order valence-electron chi connectivity index (χ2n) is 2.31. The molecule has 0 aliphatic rings. The maximum atomic E-state index is 8.43. The Morgan fingerprint density at radius 1 is 1.73 bits per heavy atom. The normalized spacial score (nSPS) is 10.5. The van der Waals surface area contributed by atoms with Crippen LogP contribution >= 0.6 is 11.6 Å². The van der Waals surface area contributed by atoms with Gasteiger partial charge in [0.15, 0.2) is 0 Å². The van der Waals surface area contributed by atoms with Crippen LogP contribution in [0.4, 0.5) is 0 Å². The number of hydroxylamine groups is 1. The van der Waals surface area contributed by atoms with E-state index in [1.807, 2.05) is 12.4 Å². The van der Waals surface area contributed by atoms with Gasteiger partial charge in [-0.25, -0.2) is 5.48 Å². The minimum Gasteiger partial charge on any atom is -0.316 e. The number of rotatable bonds is 2. The van der Waals surface area contributed by atoms with Crippen molar-refractivity contribution in [1.29, 1.82) is 0 Å². The third kappa shape index (κ3) is 1.53. The Hall–Kier alpha value is -0.580. The highest BCUT2D eigenvalue weighted by Crippen LogP contribution is 2.17. The smallest absolute Gasteiger partial charge is 0.131 e. The molecule has 0 atom stereocenters.